The third-order valence-corrected chi connectivity index (χ3v) is 7.38. The first kappa shape index (κ1) is 15.0. The molecule has 0 unspecified atom stereocenters. The largest absolute Gasteiger partial charge is 0.253 e. The Kier molecular flexibility index (Phi) is 4.10. The van der Waals surface area contributed by atoms with Crippen LogP contribution in [0.15, 0.2) is 40.6 Å². The van der Waals surface area contributed by atoms with Gasteiger partial charge in [0.15, 0.2) is 0 Å². The van der Waals surface area contributed by atoms with E-state index in [1.807, 2.05) is 31.2 Å². The predicted octanol–water partition coefficient (Wildman–Crippen LogP) is 4.24. The van der Waals surface area contributed by atoms with Gasteiger partial charge in [-0.2, -0.15) is 4.31 Å². The molecular weight excluding hydrogens is 326 g/mol. The van der Waals surface area contributed by atoms with Gasteiger partial charge in [0.2, 0.25) is 0 Å². The first-order valence-electron chi connectivity index (χ1n) is 6.82. The highest BCUT2D eigenvalue weighted by Crippen LogP contribution is 2.38. The van der Waals surface area contributed by atoms with Gasteiger partial charge >= 0.3 is 0 Å². The van der Waals surface area contributed by atoms with Crippen molar-refractivity contribution >= 4 is 33.0 Å². The van der Waals surface area contributed by atoms with Crippen LogP contribution in [0.3, 0.4) is 0 Å². The molecule has 0 amide bonds. The number of nitrogens with zero attached hydrogens (tertiary/aromatic N) is 1. The fourth-order valence-electron chi connectivity index (χ4n) is 2.70. The van der Waals surface area contributed by atoms with Gasteiger partial charge in [-0.3, -0.25) is 0 Å². The lowest BCUT2D eigenvalue weighted by Crippen LogP contribution is -2.30. The molecule has 21 heavy (non-hydrogen) atoms. The zero-order valence-electron chi connectivity index (χ0n) is 11.6. The van der Waals surface area contributed by atoms with Gasteiger partial charge in [-0.05, 0) is 37.5 Å². The number of aryl methyl sites for hydroxylation is 1. The van der Waals surface area contributed by atoms with E-state index in [4.69, 9.17) is 11.6 Å². The van der Waals surface area contributed by atoms with Gasteiger partial charge in [0, 0.05) is 6.54 Å². The molecule has 1 aromatic heterocycles. The molecule has 1 atom stereocenters. The van der Waals surface area contributed by atoms with Crippen LogP contribution in [0.5, 0.6) is 0 Å². The van der Waals surface area contributed by atoms with Crippen LogP contribution in [0.25, 0.3) is 0 Å². The molecule has 1 aliphatic rings. The molecule has 0 bridgehead atoms. The number of rotatable bonds is 3. The first-order chi connectivity index (χ1) is 9.98. The van der Waals surface area contributed by atoms with Crippen molar-refractivity contribution in [2.45, 2.75) is 30.0 Å². The summed E-state index contributed by atoms with van der Waals surface area (Å²) in [5.41, 5.74) is 2.24. The second-order valence-electron chi connectivity index (χ2n) is 5.24. The Morgan fingerprint density at radius 3 is 2.52 bits per heavy atom. The van der Waals surface area contributed by atoms with Crippen molar-refractivity contribution in [3.05, 3.63) is 51.9 Å². The zero-order valence-corrected chi connectivity index (χ0v) is 14.0. The number of halogens is 1. The van der Waals surface area contributed by atoms with Gasteiger partial charge in [0.1, 0.15) is 4.21 Å². The van der Waals surface area contributed by atoms with Crippen molar-refractivity contribution < 1.29 is 8.42 Å². The fourth-order valence-corrected chi connectivity index (χ4v) is 6.00. The summed E-state index contributed by atoms with van der Waals surface area (Å²) in [5.74, 6) is 0. The van der Waals surface area contributed by atoms with Crippen LogP contribution >= 0.6 is 22.9 Å². The minimum absolute atomic E-state index is 0.0727. The molecule has 0 spiro atoms. The van der Waals surface area contributed by atoms with Gasteiger partial charge in [-0.15, -0.1) is 11.3 Å². The minimum atomic E-state index is -3.46. The maximum Gasteiger partial charge on any atom is 0.253 e. The van der Waals surface area contributed by atoms with Gasteiger partial charge in [0.25, 0.3) is 10.0 Å². The maximum absolute atomic E-state index is 12.8. The van der Waals surface area contributed by atoms with Crippen LogP contribution in [0.4, 0.5) is 0 Å². The Labute approximate surface area is 134 Å². The van der Waals surface area contributed by atoms with E-state index in [1.165, 1.54) is 5.56 Å². The van der Waals surface area contributed by atoms with Crippen molar-refractivity contribution in [3.63, 3.8) is 0 Å². The smallest absolute Gasteiger partial charge is 0.206 e. The van der Waals surface area contributed by atoms with Crippen molar-refractivity contribution in [2.75, 3.05) is 6.54 Å². The Balaban J connectivity index is 1.95. The van der Waals surface area contributed by atoms with E-state index in [1.54, 1.807) is 16.4 Å². The quantitative estimate of drug-likeness (QED) is 0.837. The Bertz CT molecular complexity index is 737. The molecule has 0 saturated carbocycles. The van der Waals surface area contributed by atoms with Crippen LogP contribution in [-0.2, 0) is 10.0 Å². The van der Waals surface area contributed by atoms with Crippen LogP contribution in [-0.4, -0.2) is 19.3 Å². The second-order valence-corrected chi connectivity index (χ2v) is 9.08. The van der Waals surface area contributed by atoms with Crippen molar-refractivity contribution in [1.82, 2.24) is 4.31 Å². The predicted molar refractivity (Wildman–Crippen MR) is 86.4 cm³/mol. The van der Waals surface area contributed by atoms with Gasteiger partial charge < -0.3 is 0 Å². The molecule has 3 rings (SSSR count). The van der Waals surface area contributed by atoms with E-state index >= 15 is 0 Å². The summed E-state index contributed by atoms with van der Waals surface area (Å²) in [7, 11) is -3.46. The minimum Gasteiger partial charge on any atom is -0.206 e. The van der Waals surface area contributed by atoms with E-state index in [9.17, 15) is 8.42 Å². The molecule has 1 saturated heterocycles. The summed E-state index contributed by atoms with van der Waals surface area (Å²) in [4.78, 5) is 0. The summed E-state index contributed by atoms with van der Waals surface area (Å²) < 4.78 is 28.0. The summed E-state index contributed by atoms with van der Waals surface area (Å²) in [5, 5.41) is 0. The number of hydrogen-bond acceptors (Lipinski definition) is 3. The third kappa shape index (κ3) is 2.88. The average Bonchev–Trinajstić information content (AvgIpc) is 3.08. The highest BCUT2D eigenvalue weighted by atomic mass is 35.5. The summed E-state index contributed by atoms with van der Waals surface area (Å²) >= 11 is 7.00. The molecule has 0 aliphatic carbocycles. The highest BCUT2D eigenvalue weighted by molar-refractivity contribution is 7.91. The fraction of sp³-hybridized carbons (Fsp3) is 0.333. The van der Waals surface area contributed by atoms with Crippen molar-refractivity contribution in [2.24, 2.45) is 0 Å². The Morgan fingerprint density at radius 2 is 1.90 bits per heavy atom. The average molecular weight is 342 g/mol. The number of thiophene rings is 1. The Hall–Kier alpha value is -0.880. The van der Waals surface area contributed by atoms with Crippen molar-refractivity contribution in [1.29, 1.82) is 0 Å². The zero-order chi connectivity index (χ0) is 15.0. The number of hydrogen-bond donors (Lipinski definition) is 0. The molecule has 6 heteroatoms. The van der Waals surface area contributed by atoms with E-state index < -0.39 is 10.0 Å². The molecule has 112 valence electrons. The molecule has 0 N–H and O–H groups in total. The molecule has 3 nitrogen and oxygen atoms in total. The molecular formula is C15H16ClNO2S2. The van der Waals surface area contributed by atoms with Crippen LogP contribution in [0.2, 0.25) is 4.34 Å². The first-order valence-corrected chi connectivity index (χ1v) is 9.46. The lowest BCUT2D eigenvalue weighted by molar-refractivity contribution is 0.398. The normalized spacial score (nSPS) is 20.0. The molecule has 0 radical (unpaired) electrons. The molecule has 1 aliphatic heterocycles. The number of benzene rings is 1. The highest BCUT2D eigenvalue weighted by Gasteiger charge is 2.36. The second kappa shape index (κ2) is 5.72. The van der Waals surface area contributed by atoms with E-state index in [0.29, 0.717) is 15.1 Å². The summed E-state index contributed by atoms with van der Waals surface area (Å²) in [6.45, 7) is 2.59. The van der Waals surface area contributed by atoms with Gasteiger partial charge in [0.05, 0.1) is 10.4 Å². The van der Waals surface area contributed by atoms with Crippen LogP contribution in [0.1, 0.15) is 30.0 Å². The molecule has 2 aromatic rings. The van der Waals surface area contributed by atoms with E-state index in [2.05, 4.69) is 0 Å². The third-order valence-electron chi connectivity index (χ3n) is 3.78. The van der Waals surface area contributed by atoms with Crippen molar-refractivity contribution in [3.8, 4) is 0 Å². The van der Waals surface area contributed by atoms with E-state index in [-0.39, 0.29) is 6.04 Å². The topological polar surface area (TPSA) is 37.4 Å². The molecule has 2 heterocycles. The standard InChI is InChI=1S/C15H16ClNO2S2/c1-11-4-6-12(7-5-11)13-3-2-10-17(13)21(18,19)15-9-8-14(16)20-15/h4-9,13H,2-3,10H2,1H3/t13-/m0/s1. The van der Waals surface area contributed by atoms with Crippen LogP contribution < -0.4 is 0 Å². The van der Waals surface area contributed by atoms with Crippen LogP contribution in [0, 0.1) is 6.92 Å². The molecule has 1 fully saturated rings. The van der Waals surface area contributed by atoms with Gasteiger partial charge in [-0.25, -0.2) is 8.42 Å². The summed E-state index contributed by atoms with van der Waals surface area (Å²) in [6.07, 6.45) is 1.75. The monoisotopic (exact) mass is 341 g/mol. The van der Waals surface area contributed by atoms with E-state index in [0.717, 1.165) is 29.7 Å². The lowest BCUT2D eigenvalue weighted by Gasteiger charge is -2.23. The molecule has 1 aromatic carbocycles. The SMILES string of the molecule is Cc1ccc([C@@H]2CCCN2S(=O)(=O)c2ccc(Cl)s2)cc1. The summed E-state index contributed by atoms with van der Waals surface area (Å²) in [6, 6.07) is 11.3. The Morgan fingerprint density at radius 1 is 1.19 bits per heavy atom. The number of sulfonamides is 1. The maximum atomic E-state index is 12.8. The van der Waals surface area contributed by atoms with Gasteiger partial charge in [-0.1, -0.05) is 41.4 Å². The lowest BCUT2D eigenvalue weighted by atomic mass is 10.0.